The summed E-state index contributed by atoms with van der Waals surface area (Å²) < 4.78 is 21.3. The minimum absolute atomic E-state index is 0.0146. The number of rotatable bonds is 3. The molecular formula is C15H15FN2O2. The molecular weight excluding hydrogens is 259 g/mol. The van der Waals surface area contributed by atoms with Crippen LogP contribution in [0.25, 0.3) is 0 Å². The highest BCUT2D eigenvalue weighted by molar-refractivity contribution is 5.94. The van der Waals surface area contributed by atoms with Gasteiger partial charge in [0.05, 0.1) is 18.8 Å². The Balaban J connectivity index is 2.04. The van der Waals surface area contributed by atoms with E-state index in [1.165, 1.54) is 6.07 Å². The average Bonchev–Trinajstić information content (AvgIpc) is 2.91. The smallest absolute Gasteiger partial charge is 0.182 e. The third-order valence-corrected chi connectivity index (χ3v) is 3.46. The summed E-state index contributed by atoms with van der Waals surface area (Å²) in [6, 6.07) is 8.23. The van der Waals surface area contributed by atoms with E-state index in [1.807, 2.05) is 0 Å². The molecule has 4 nitrogen and oxygen atoms in total. The van der Waals surface area contributed by atoms with E-state index in [0.29, 0.717) is 30.8 Å². The van der Waals surface area contributed by atoms with Gasteiger partial charge < -0.3 is 4.74 Å². The third kappa shape index (κ3) is 2.14. The molecule has 0 amide bonds. The van der Waals surface area contributed by atoms with Gasteiger partial charge in [0.15, 0.2) is 5.78 Å². The molecule has 1 atom stereocenters. The third-order valence-electron chi connectivity index (χ3n) is 3.46. The molecule has 5 heteroatoms. The Morgan fingerprint density at radius 3 is 3.05 bits per heavy atom. The van der Waals surface area contributed by atoms with Gasteiger partial charge in [0.1, 0.15) is 17.6 Å². The lowest BCUT2D eigenvalue weighted by atomic mass is 10.0. The number of hydrogen-bond donors (Lipinski definition) is 0. The summed E-state index contributed by atoms with van der Waals surface area (Å²) in [7, 11) is 0. The second-order valence-electron chi connectivity index (χ2n) is 4.73. The van der Waals surface area contributed by atoms with Gasteiger partial charge in [0.25, 0.3) is 0 Å². The van der Waals surface area contributed by atoms with Gasteiger partial charge >= 0.3 is 0 Å². The van der Waals surface area contributed by atoms with Crippen LogP contribution in [0.5, 0.6) is 0 Å². The molecule has 3 rings (SSSR count). The predicted octanol–water partition coefficient (Wildman–Crippen LogP) is 2.73. The number of carbonyl (C=O) groups is 1. The maximum Gasteiger partial charge on any atom is 0.182 e. The minimum Gasteiger partial charge on any atom is -0.365 e. The van der Waals surface area contributed by atoms with E-state index in [1.54, 1.807) is 35.9 Å². The molecule has 1 aliphatic rings. The van der Waals surface area contributed by atoms with Crippen LogP contribution in [0.3, 0.4) is 0 Å². The fourth-order valence-electron chi connectivity index (χ4n) is 2.42. The number of ketones is 1. The fraction of sp³-hybridized carbons (Fsp3) is 0.333. The van der Waals surface area contributed by atoms with Gasteiger partial charge in [-0.3, -0.25) is 9.48 Å². The van der Waals surface area contributed by atoms with Crippen molar-refractivity contribution in [3.63, 3.8) is 0 Å². The largest absolute Gasteiger partial charge is 0.365 e. The number of fused-ring (bicyclic) bond motifs is 1. The van der Waals surface area contributed by atoms with Crippen molar-refractivity contribution in [1.82, 2.24) is 9.78 Å². The fourth-order valence-corrected chi connectivity index (χ4v) is 2.42. The van der Waals surface area contributed by atoms with E-state index < -0.39 is 6.10 Å². The lowest BCUT2D eigenvalue weighted by Crippen LogP contribution is -2.23. The maximum atomic E-state index is 13.9. The first-order chi connectivity index (χ1) is 9.70. The highest BCUT2D eigenvalue weighted by atomic mass is 19.1. The van der Waals surface area contributed by atoms with E-state index >= 15 is 0 Å². The lowest BCUT2D eigenvalue weighted by Gasteiger charge is -2.24. The molecule has 1 aromatic carbocycles. The second-order valence-corrected chi connectivity index (χ2v) is 4.73. The Morgan fingerprint density at radius 1 is 1.50 bits per heavy atom. The molecule has 2 aromatic rings. The quantitative estimate of drug-likeness (QED) is 0.808. The number of benzene rings is 1. The van der Waals surface area contributed by atoms with Crippen molar-refractivity contribution in [2.45, 2.75) is 26.0 Å². The zero-order valence-electron chi connectivity index (χ0n) is 11.2. The number of halogens is 1. The maximum absolute atomic E-state index is 13.9. The highest BCUT2D eigenvalue weighted by Gasteiger charge is 2.27. The van der Waals surface area contributed by atoms with E-state index in [4.69, 9.17) is 4.74 Å². The first kappa shape index (κ1) is 13.0. The molecule has 0 saturated heterocycles. The van der Waals surface area contributed by atoms with E-state index in [9.17, 15) is 9.18 Å². The molecule has 0 spiro atoms. The molecule has 0 radical (unpaired) electrons. The number of carbonyl (C=O) groups excluding carboxylic acids is 1. The normalized spacial score (nSPS) is 17.8. The molecule has 0 fully saturated rings. The van der Waals surface area contributed by atoms with Crippen LogP contribution in [0.15, 0.2) is 30.3 Å². The van der Waals surface area contributed by atoms with Crippen LogP contribution < -0.4 is 0 Å². The Bertz CT molecular complexity index is 651. The van der Waals surface area contributed by atoms with Gasteiger partial charge in [-0.2, -0.15) is 5.10 Å². The van der Waals surface area contributed by atoms with Crippen molar-refractivity contribution in [1.29, 1.82) is 0 Å². The van der Waals surface area contributed by atoms with Crippen molar-refractivity contribution < 1.29 is 13.9 Å². The van der Waals surface area contributed by atoms with Crippen molar-refractivity contribution in [2.24, 2.45) is 0 Å². The summed E-state index contributed by atoms with van der Waals surface area (Å²) in [4.78, 5) is 11.8. The van der Waals surface area contributed by atoms with Crippen LogP contribution >= 0.6 is 0 Å². The number of Topliss-reactive ketones (excluding diaryl/α,β-unsaturated/α-hetero) is 1. The monoisotopic (exact) mass is 274 g/mol. The molecule has 2 heterocycles. The van der Waals surface area contributed by atoms with E-state index in [0.717, 1.165) is 5.69 Å². The number of nitrogens with zero attached hydrogens (tertiary/aromatic N) is 2. The molecule has 1 unspecified atom stereocenters. The Morgan fingerprint density at radius 2 is 2.30 bits per heavy atom. The molecule has 0 aliphatic carbocycles. The van der Waals surface area contributed by atoms with Gasteiger partial charge in [-0.05, 0) is 12.1 Å². The first-order valence-corrected chi connectivity index (χ1v) is 6.67. The Hall–Kier alpha value is -2.01. The van der Waals surface area contributed by atoms with Gasteiger partial charge in [-0.1, -0.05) is 25.1 Å². The number of ether oxygens (including phenoxy) is 1. The van der Waals surface area contributed by atoms with Crippen LogP contribution in [0.4, 0.5) is 4.39 Å². The van der Waals surface area contributed by atoms with Gasteiger partial charge in [0, 0.05) is 12.0 Å². The highest BCUT2D eigenvalue weighted by Crippen LogP contribution is 2.31. The van der Waals surface area contributed by atoms with Gasteiger partial charge in [-0.15, -0.1) is 0 Å². The molecule has 1 aliphatic heterocycles. The lowest BCUT2D eigenvalue weighted by molar-refractivity contribution is 0.0401. The molecule has 104 valence electrons. The van der Waals surface area contributed by atoms with Crippen LogP contribution in [0.2, 0.25) is 0 Å². The second kappa shape index (κ2) is 5.17. The summed E-state index contributed by atoms with van der Waals surface area (Å²) in [6.45, 7) is 2.83. The van der Waals surface area contributed by atoms with Gasteiger partial charge in [-0.25, -0.2) is 4.39 Å². The predicted molar refractivity (Wildman–Crippen MR) is 71.0 cm³/mol. The summed E-state index contributed by atoms with van der Waals surface area (Å²) in [5.41, 5.74) is 1.64. The van der Waals surface area contributed by atoms with E-state index in [-0.39, 0.29) is 11.6 Å². The van der Waals surface area contributed by atoms with Crippen LogP contribution in [-0.4, -0.2) is 22.2 Å². The zero-order chi connectivity index (χ0) is 14.1. The summed E-state index contributed by atoms with van der Waals surface area (Å²) in [5.74, 6) is -0.324. The molecule has 1 aromatic heterocycles. The van der Waals surface area contributed by atoms with Crippen molar-refractivity contribution in [2.75, 3.05) is 6.61 Å². The Labute approximate surface area is 116 Å². The van der Waals surface area contributed by atoms with Crippen LogP contribution in [0.1, 0.15) is 41.2 Å². The van der Waals surface area contributed by atoms with Crippen molar-refractivity contribution >= 4 is 5.78 Å². The SMILES string of the molecule is CCC(=O)c1cc2n(n1)CCOC2c1ccccc1F. The van der Waals surface area contributed by atoms with E-state index in [2.05, 4.69) is 5.10 Å². The first-order valence-electron chi connectivity index (χ1n) is 6.67. The molecule has 0 N–H and O–H groups in total. The minimum atomic E-state index is -0.504. The summed E-state index contributed by atoms with van der Waals surface area (Å²) >= 11 is 0. The molecule has 0 bridgehead atoms. The topological polar surface area (TPSA) is 44.1 Å². The van der Waals surface area contributed by atoms with Crippen molar-refractivity contribution in [3.8, 4) is 0 Å². The molecule has 20 heavy (non-hydrogen) atoms. The Kier molecular flexibility index (Phi) is 3.36. The number of hydrogen-bond acceptors (Lipinski definition) is 3. The van der Waals surface area contributed by atoms with Crippen LogP contribution in [0, 0.1) is 5.82 Å². The van der Waals surface area contributed by atoms with Gasteiger partial charge in [0.2, 0.25) is 0 Å². The average molecular weight is 274 g/mol. The zero-order valence-corrected chi connectivity index (χ0v) is 11.2. The summed E-state index contributed by atoms with van der Waals surface area (Å²) in [6.07, 6.45) is -0.0994. The number of aromatic nitrogens is 2. The van der Waals surface area contributed by atoms with Crippen molar-refractivity contribution in [3.05, 3.63) is 53.1 Å². The molecule has 0 saturated carbocycles. The summed E-state index contributed by atoms with van der Waals surface area (Å²) in [5, 5.41) is 4.29. The standard InChI is InChI=1S/C15H15FN2O2/c1-2-14(19)12-9-13-15(20-8-7-18(13)17-12)10-5-3-4-6-11(10)16/h3-6,9,15H,2,7-8H2,1H3. The van der Waals surface area contributed by atoms with Crippen LogP contribution in [-0.2, 0) is 11.3 Å².